The Morgan fingerprint density at radius 2 is 1.97 bits per heavy atom. The van der Waals surface area contributed by atoms with Crippen LogP contribution in [0.15, 0.2) is 30.5 Å². The van der Waals surface area contributed by atoms with Crippen LogP contribution in [0.5, 0.6) is 0 Å². The molecule has 8 heteroatoms. The molecule has 168 valence electrons. The van der Waals surface area contributed by atoms with Crippen molar-refractivity contribution in [2.45, 2.75) is 58.7 Å². The van der Waals surface area contributed by atoms with Gasteiger partial charge in [-0.2, -0.15) is 10.4 Å². The van der Waals surface area contributed by atoms with E-state index in [1.54, 1.807) is 0 Å². The van der Waals surface area contributed by atoms with E-state index in [-0.39, 0.29) is 0 Å². The van der Waals surface area contributed by atoms with Gasteiger partial charge in [-0.25, -0.2) is 4.98 Å². The highest BCUT2D eigenvalue weighted by Gasteiger charge is 2.32. The fraction of sp³-hybridized carbons (Fsp3) is 0.500. The van der Waals surface area contributed by atoms with Gasteiger partial charge in [0, 0.05) is 74.1 Å². The smallest absolute Gasteiger partial charge is 0.153 e. The van der Waals surface area contributed by atoms with Gasteiger partial charge in [0.15, 0.2) is 5.82 Å². The number of rotatable bonds is 8. The predicted octanol–water partition coefficient (Wildman–Crippen LogP) is 3.99. The molecule has 0 saturated carbocycles. The van der Waals surface area contributed by atoms with Crippen LogP contribution in [0.3, 0.4) is 0 Å². The Bertz CT molecular complexity index is 1070. The number of aromatic nitrogens is 4. The van der Waals surface area contributed by atoms with Gasteiger partial charge < -0.3 is 5.32 Å². The topological polar surface area (TPSA) is 96.8 Å². The van der Waals surface area contributed by atoms with Gasteiger partial charge in [0.25, 0.3) is 0 Å². The second kappa shape index (κ2) is 10.1. The zero-order valence-electron chi connectivity index (χ0n) is 19.2. The highest BCUT2D eigenvalue weighted by atomic mass is 15.3. The summed E-state index contributed by atoms with van der Waals surface area (Å²) >= 11 is 0. The van der Waals surface area contributed by atoms with E-state index in [0.29, 0.717) is 18.5 Å². The van der Waals surface area contributed by atoms with Gasteiger partial charge in [-0.1, -0.05) is 13.8 Å². The number of aromatic amines is 1. The van der Waals surface area contributed by atoms with Crippen molar-refractivity contribution < 1.29 is 0 Å². The Hall–Kier alpha value is -3.02. The molecule has 1 aliphatic rings. The van der Waals surface area contributed by atoms with Gasteiger partial charge in [-0.05, 0) is 31.9 Å². The number of piperazine rings is 1. The van der Waals surface area contributed by atoms with E-state index >= 15 is 0 Å². The van der Waals surface area contributed by atoms with E-state index in [2.05, 4.69) is 56.3 Å². The summed E-state index contributed by atoms with van der Waals surface area (Å²) in [6.45, 7) is 10.1. The average Bonchev–Trinajstić information content (AvgIpc) is 3.21. The molecular weight excluding hydrogens is 400 g/mol. The fourth-order valence-electron chi connectivity index (χ4n) is 4.73. The zero-order valence-corrected chi connectivity index (χ0v) is 19.2. The first kappa shape index (κ1) is 22.2. The molecule has 3 aromatic rings. The first-order chi connectivity index (χ1) is 15.6. The summed E-state index contributed by atoms with van der Waals surface area (Å²) < 4.78 is 0. The SMILES string of the molecule is CCC1CN(Cc2nc(Nc3cc(C)[nH]n3)cc3ncccc23)CC(CC)N1CCC#N. The number of aryl methyl sites for hydroxylation is 1. The standard InChI is InChI=1S/C24H32N8/c1-4-18-14-31(15-19(5-2)32(18)11-7-9-25)16-22-20-8-6-10-26-21(20)13-23(27-22)28-24-12-17(3)29-30-24/h6,8,10,12-13,18-19H,4-5,7,11,14-16H2,1-3H3,(H2,27,28,29,30). The predicted molar refractivity (Wildman–Crippen MR) is 127 cm³/mol. The maximum atomic E-state index is 9.08. The van der Waals surface area contributed by atoms with Crippen molar-refractivity contribution in [1.29, 1.82) is 5.26 Å². The summed E-state index contributed by atoms with van der Waals surface area (Å²) in [5, 5.41) is 20.7. The molecule has 0 aromatic carbocycles. The second-order valence-electron chi connectivity index (χ2n) is 8.55. The summed E-state index contributed by atoms with van der Waals surface area (Å²) in [7, 11) is 0. The number of fused-ring (bicyclic) bond motifs is 1. The molecule has 2 atom stereocenters. The molecule has 1 saturated heterocycles. The Kier molecular flexibility index (Phi) is 6.98. The number of nitrogens with zero attached hydrogens (tertiary/aromatic N) is 6. The van der Waals surface area contributed by atoms with E-state index in [0.717, 1.165) is 72.9 Å². The molecule has 0 radical (unpaired) electrons. The van der Waals surface area contributed by atoms with Crippen LogP contribution in [-0.2, 0) is 6.54 Å². The van der Waals surface area contributed by atoms with Crippen LogP contribution in [0.4, 0.5) is 11.6 Å². The summed E-state index contributed by atoms with van der Waals surface area (Å²) in [5.74, 6) is 1.50. The number of hydrogen-bond donors (Lipinski definition) is 2. The van der Waals surface area contributed by atoms with E-state index < -0.39 is 0 Å². The van der Waals surface area contributed by atoms with Crippen molar-refractivity contribution in [3.05, 3.63) is 41.9 Å². The third kappa shape index (κ3) is 4.90. The Morgan fingerprint density at radius 1 is 1.19 bits per heavy atom. The minimum atomic E-state index is 0.458. The van der Waals surface area contributed by atoms with Crippen molar-refractivity contribution >= 4 is 22.5 Å². The van der Waals surface area contributed by atoms with Gasteiger partial charge in [0.2, 0.25) is 0 Å². The summed E-state index contributed by atoms with van der Waals surface area (Å²) in [5.41, 5.74) is 2.96. The van der Waals surface area contributed by atoms with Crippen molar-refractivity contribution in [2.75, 3.05) is 25.0 Å². The quantitative estimate of drug-likeness (QED) is 0.555. The van der Waals surface area contributed by atoms with Crippen LogP contribution in [0.2, 0.25) is 0 Å². The molecule has 0 aliphatic carbocycles. The van der Waals surface area contributed by atoms with E-state index in [1.165, 1.54) is 0 Å². The summed E-state index contributed by atoms with van der Waals surface area (Å²) in [4.78, 5) is 14.6. The number of H-pyrrole nitrogens is 1. The van der Waals surface area contributed by atoms with Crippen LogP contribution in [-0.4, -0.2) is 61.7 Å². The van der Waals surface area contributed by atoms with Gasteiger partial charge in [-0.3, -0.25) is 19.9 Å². The number of pyridine rings is 2. The van der Waals surface area contributed by atoms with E-state index in [4.69, 9.17) is 10.2 Å². The Balaban J connectivity index is 1.59. The minimum Gasteiger partial charge on any atom is -0.323 e. The molecule has 0 spiro atoms. The van der Waals surface area contributed by atoms with Crippen molar-refractivity contribution in [3.8, 4) is 6.07 Å². The lowest BCUT2D eigenvalue weighted by molar-refractivity contribution is 0.0171. The molecule has 1 aliphatic heterocycles. The fourth-order valence-corrected chi connectivity index (χ4v) is 4.73. The molecule has 2 N–H and O–H groups in total. The van der Waals surface area contributed by atoms with Crippen LogP contribution in [0, 0.1) is 18.3 Å². The van der Waals surface area contributed by atoms with E-state index in [1.807, 2.05) is 31.3 Å². The maximum absolute atomic E-state index is 9.08. The first-order valence-corrected chi connectivity index (χ1v) is 11.5. The molecule has 0 bridgehead atoms. The molecule has 32 heavy (non-hydrogen) atoms. The number of nitrogens with one attached hydrogen (secondary N) is 2. The number of anilines is 2. The molecule has 2 unspecified atom stereocenters. The summed E-state index contributed by atoms with van der Waals surface area (Å²) in [6.07, 6.45) is 4.57. The van der Waals surface area contributed by atoms with Crippen molar-refractivity contribution in [2.24, 2.45) is 0 Å². The molecule has 8 nitrogen and oxygen atoms in total. The second-order valence-corrected chi connectivity index (χ2v) is 8.55. The highest BCUT2D eigenvalue weighted by molar-refractivity contribution is 5.83. The largest absolute Gasteiger partial charge is 0.323 e. The molecular formula is C24H32N8. The molecule has 3 aromatic heterocycles. The van der Waals surface area contributed by atoms with Gasteiger partial charge in [-0.15, -0.1) is 0 Å². The summed E-state index contributed by atoms with van der Waals surface area (Å²) in [6, 6.07) is 11.2. The van der Waals surface area contributed by atoms with Crippen LogP contribution >= 0.6 is 0 Å². The lowest BCUT2D eigenvalue weighted by Crippen LogP contribution is -2.58. The lowest BCUT2D eigenvalue weighted by atomic mass is 10.0. The zero-order chi connectivity index (χ0) is 22.5. The lowest BCUT2D eigenvalue weighted by Gasteiger charge is -2.46. The van der Waals surface area contributed by atoms with E-state index in [9.17, 15) is 0 Å². The normalized spacial score (nSPS) is 19.8. The Labute approximate surface area is 189 Å². The third-order valence-electron chi connectivity index (χ3n) is 6.31. The minimum absolute atomic E-state index is 0.458. The average molecular weight is 433 g/mol. The molecule has 0 amide bonds. The van der Waals surface area contributed by atoms with Crippen molar-refractivity contribution in [1.82, 2.24) is 30.0 Å². The Morgan fingerprint density at radius 3 is 2.62 bits per heavy atom. The highest BCUT2D eigenvalue weighted by Crippen LogP contribution is 2.26. The molecule has 4 heterocycles. The van der Waals surface area contributed by atoms with Crippen LogP contribution in [0.1, 0.15) is 44.5 Å². The first-order valence-electron chi connectivity index (χ1n) is 11.5. The van der Waals surface area contributed by atoms with Gasteiger partial charge >= 0.3 is 0 Å². The molecule has 1 fully saturated rings. The van der Waals surface area contributed by atoms with Crippen molar-refractivity contribution in [3.63, 3.8) is 0 Å². The van der Waals surface area contributed by atoms with Gasteiger partial charge in [0.05, 0.1) is 17.3 Å². The molecule has 4 rings (SSSR count). The number of nitriles is 1. The maximum Gasteiger partial charge on any atom is 0.153 e. The van der Waals surface area contributed by atoms with Gasteiger partial charge in [0.1, 0.15) is 5.82 Å². The van der Waals surface area contributed by atoms with Crippen LogP contribution in [0.25, 0.3) is 10.9 Å². The van der Waals surface area contributed by atoms with Crippen LogP contribution < -0.4 is 5.32 Å². The number of hydrogen-bond acceptors (Lipinski definition) is 7. The third-order valence-corrected chi connectivity index (χ3v) is 6.31. The monoisotopic (exact) mass is 432 g/mol.